The lowest BCUT2D eigenvalue weighted by molar-refractivity contribution is -0.376. The lowest BCUT2D eigenvalue weighted by atomic mass is 10.1. The lowest BCUT2D eigenvalue weighted by Gasteiger charge is -2.24. The molecule has 6 heteroatoms. The molecule has 0 spiro atoms. The number of urea groups is 1. The number of nitrogens with one attached hydrogen (secondary N) is 3. The Morgan fingerprint density at radius 3 is 2.86 bits per heavy atom. The lowest BCUT2D eigenvalue weighted by Crippen LogP contribution is -2.40. The number of benzene rings is 2. The molecule has 2 amide bonds. The Morgan fingerprint density at radius 2 is 2.10 bits per heavy atom. The number of aromatic amines is 2. The quantitative estimate of drug-likeness (QED) is 0.651. The third-order valence-electron chi connectivity index (χ3n) is 5.43. The summed E-state index contributed by atoms with van der Waals surface area (Å²) in [5.41, 5.74) is 5.87. The molecule has 3 N–H and O–H groups in total. The number of anilines is 2. The summed E-state index contributed by atoms with van der Waals surface area (Å²) >= 11 is 0. The minimum atomic E-state index is -0.0492. The Bertz CT molecular complexity index is 939. The van der Waals surface area contributed by atoms with Crippen LogP contribution in [0.15, 0.2) is 61.1 Å². The van der Waals surface area contributed by atoms with Crippen LogP contribution in [-0.4, -0.2) is 30.6 Å². The van der Waals surface area contributed by atoms with E-state index < -0.39 is 0 Å². The molecule has 0 aliphatic carbocycles. The van der Waals surface area contributed by atoms with Gasteiger partial charge in [0.1, 0.15) is 6.20 Å². The van der Waals surface area contributed by atoms with Gasteiger partial charge in [-0.05, 0) is 43.0 Å². The predicted molar refractivity (Wildman–Crippen MR) is 115 cm³/mol. The van der Waals surface area contributed by atoms with Gasteiger partial charge < -0.3 is 10.2 Å². The van der Waals surface area contributed by atoms with Crippen molar-refractivity contribution in [2.45, 2.75) is 26.3 Å². The first-order valence-electron chi connectivity index (χ1n) is 10.2. The fourth-order valence-corrected chi connectivity index (χ4v) is 3.88. The molecule has 0 bridgehead atoms. The van der Waals surface area contributed by atoms with Gasteiger partial charge in [0.05, 0.1) is 6.54 Å². The van der Waals surface area contributed by atoms with Gasteiger partial charge in [0.2, 0.25) is 6.33 Å². The highest BCUT2D eigenvalue weighted by atomic mass is 16.2. The molecule has 1 aliphatic heterocycles. The van der Waals surface area contributed by atoms with Crippen LogP contribution < -0.4 is 20.1 Å². The van der Waals surface area contributed by atoms with E-state index in [0.717, 1.165) is 37.3 Å². The molecule has 1 aromatic heterocycles. The number of fused-ring (bicyclic) bond motifs is 1. The number of amides is 2. The summed E-state index contributed by atoms with van der Waals surface area (Å²) < 4.78 is 0. The molecular formula is C23H28N5O+. The van der Waals surface area contributed by atoms with Gasteiger partial charge in [0, 0.05) is 31.0 Å². The van der Waals surface area contributed by atoms with Crippen LogP contribution in [0.2, 0.25) is 0 Å². The number of carbonyl (C=O) groups is 1. The fourth-order valence-electron chi connectivity index (χ4n) is 3.88. The SMILES string of the molecule is CCN(C(=O)NCCc1ccccc1)c1ccc2c(c1)N(Cc1c[nH+]c[nH]1)CC2. The van der Waals surface area contributed by atoms with E-state index in [1.54, 1.807) is 0 Å². The first kappa shape index (κ1) is 19.1. The Morgan fingerprint density at radius 1 is 1.24 bits per heavy atom. The van der Waals surface area contributed by atoms with Crippen molar-refractivity contribution in [2.24, 2.45) is 0 Å². The number of hydrogen-bond acceptors (Lipinski definition) is 2. The van der Waals surface area contributed by atoms with Crippen LogP contribution in [-0.2, 0) is 19.4 Å². The largest absolute Gasteiger partial charge is 0.363 e. The molecule has 29 heavy (non-hydrogen) atoms. The van der Waals surface area contributed by atoms with Gasteiger partial charge in [-0.3, -0.25) is 4.90 Å². The van der Waals surface area contributed by atoms with Gasteiger partial charge in [-0.2, -0.15) is 0 Å². The van der Waals surface area contributed by atoms with Gasteiger partial charge in [-0.1, -0.05) is 36.4 Å². The zero-order chi connectivity index (χ0) is 20.1. The Hall–Kier alpha value is -3.28. The highest BCUT2D eigenvalue weighted by Crippen LogP contribution is 2.33. The summed E-state index contributed by atoms with van der Waals surface area (Å²) in [6, 6.07) is 16.5. The molecule has 2 heterocycles. The molecule has 0 saturated carbocycles. The highest BCUT2D eigenvalue weighted by molar-refractivity contribution is 5.92. The number of nitrogens with zero attached hydrogens (tertiary/aromatic N) is 2. The number of rotatable bonds is 7. The van der Waals surface area contributed by atoms with Gasteiger partial charge >= 0.3 is 6.03 Å². The van der Waals surface area contributed by atoms with E-state index in [1.807, 2.05) is 42.5 Å². The van der Waals surface area contributed by atoms with Crippen molar-refractivity contribution in [3.8, 4) is 0 Å². The monoisotopic (exact) mass is 390 g/mol. The maximum absolute atomic E-state index is 12.8. The van der Waals surface area contributed by atoms with E-state index in [0.29, 0.717) is 13.1 Å². The number of carbonyl (C=O) groups excluding carboxylic acids is 1. The second-order valence-electron chi connectivity index (χ2n) is 7.32. The molecule has 3 aromatic rings. The van der Waals surface area contributed by atoms with Crippen molar-refractivity contribution in [1.29, 1.82) is 0 Å². The van der Waals surface area contributed by atoms with E-state index in [2.05, 4.69) is 50.5 Å². The molecule has 1 aliphatic rings. The van der Waals surface area contributed by atoms with Crippen LogP contribution in [0.5, 0.6) is 0 Å². The van der Waals surface area contributed by atoms with E-state index in [9.17, 15) is 4.79 Å². The maximum atomic E-state index is 12.8. The third kappa shape index (κ3) is 4.42. The highest BCUT2D eigenvalue weighted by Gasteiger charge is 2.23. The number of H-pyrrole nitrogens is 2. The Labute approximate surface area is 171 Å². The molecule has 6 nitrogen and oxygen atoms in total. The minimum Gasteiger partial charge on any atom is -0.363 e. The molecule has 0 atom stereocenters. The summed E-state index contributed by atoms with van der Waals surface area (Å²) in [7, 11) is 0. The zero-order valence-electron chi connectivity index (χ0n) is 16.8. The van der Waals surface area contributed by atoms with Crippen LogP contribution >= 0.6 is 0 Å². The molecule has 4 rings (SSSR count). The molecule has 0 fully saturated rings. The van der Waals surface area contributed by atoms with Crippen molar-refractivity contribution >= 4 is 17.4 Å². The summed E-state index contributed by atoms with van der Waals surface area (Å²) in [6.45, 7) is 5.08. The summed E-state index contributed by atoms with van der Waals surface area (Å²) in [4.78, 5) is 23.3. The Balaban J connectivity index is 1.42. The molecule has 0 saturated heterocycles. The zero-order valence-corrected chi connectivity index (χ0v) is 16.8. The van der Waals surface area contributed by atoms with Crippen LogP contribution in [0.3, 0.4) is 0 Å². The van der Waals surface area contributed by atoms with E-state index in [-0.39, 0.29) is 6.03 Å². The maximum Gasteiger partial charge on any atom is 0.321 e. The van der Waals surface area contributed by atoms with E-state index in [4.69, 9.17) is 0 Å². The second kappa shape index (κ2) is 8.82. The summed E-state index contributed by atoms with van der Waals surface area (Å²) in [5, 5.41) is 3.06. The van der Waals surface area contributed by atoms with Crippen molar-refractivity contribution in [3.63, 3.8) is 0 Å². The normalized spacial score (nSPS) is 12.7. The van der Waals surface area contributed by atoms with Crippen molar-refractivity contribution < 1.29 is 9.78 Å². The summed E-state index contributed by atoms with van der Waals surface area (Å²) in [5.74, 6) is 0. The van der Waals surface area contributed by atoms with Gasteiger partial charge in [-0.25, -0.2) is 14.8 Å². The molecular weight excluding hydrogens is 362 g/mol. The average Bonchev–Trinajstić information content (AvgIpc) is 3.40. The standard InChI is InChI=1S/C23H27N5O/c1-2-28(23(29)25-12-10-18-6-4-3-5-7-18)21-9-8-19-11-13-27(22(19)14-21)16-20-15-24-17-26-20/h3-9,14-15,17H,2,10-13,16H2,1H3,(H,24,26)(H,25,29)/p+1. The smallest absolute Gasteiger partial charge is 0.321 e. The van der Waals surface area contributed by atoms with Crippen molar-refractivity contribution in [3.05, 3.63) is 77.9 Å². The van der Waals surface area contributed by atoms with Crippen LogP contribution in [0.25, 0.3) is 0 Å². The van der Waals surface area contributed by atoms with E-state index >= 15 is 0 Å². The molecule has 2 aromatic carbocycles. The summed E-state index contributed by atoms with van der Waals surface area (Å²) in [6.07, 6.45) is 5.69. The van der Waals surface area contributed by atoms with Gasteiger partial charge in [-0.15, -0.1) is 0 Å². The number of hydrogen-bond donors (Lipinski definition) is 2. The number of imidazole rings is 1. The third-order valence-corrected chi connectivity index (χ3v) is 5.43. The minimum absolute atomic E-state index is 0.0492. The van der Waals surface area contributed by atoms with Gasteiger partial charge in [0.25, 0.3) is 0 Å². The van der Waals surface area contributed by atoms with Crippen LogP contribution in [0.4, 0.5) is 16.2 Å². The Kier molecular flexibility index (Phi) is 5.79. The predicted octanol–water partition coefficient (Wildman–Crippen LogP) is 3.17. The van der Waals surface area contributed by atoms with Gasteiger partial charge in [0.15, 0.2) is 5.69 Å². The second-order valence-corrected chi connectivity index (χ2v) is 7.32. The van der Waals surface area contributed by atoms with Crippen molar-refractivity contribution in [2.75, 3.05) is 29.4 Å². The first-order valence-corrected chi connectivity index (χ1v) is 10.2. The van der Waals surface area contributed by atoms with Crippen LogP contribution in [0, 0.1) is 0 Å². The number of aromatic nitrogens is 2. The van der Waals surface area contributed by atoms with Crippen LogP contribution in [0.1, 0.15) is 23.7 Å². The first-order chi connectivity index (χ1) is 14.2. The average molecular weight is 391 g/mol. The molecule has 0 unspecified atom stereocenters. The molecule has 150 valence electrons. The van der Waals surface area contributed by atoms with Crippen molar-refractivity contribution in [1.82, 2.24) is 10.3 Å². The topological polar surface area (TPSA) is 65.5 Å². The fraction of sp³-hybridized carbons (Fsp3) is 0.304. The molecule has 0 radical (unpaired) electrons. The van der Waals surface area contributed by atoms with E-state index in [1.165, 1.54) is 16.8 Å².